The van der Waals surface area contributed by atoms with E-state index in [4.69, 9.17) is 0 Å². The van der Waals surface area contributed by atoms with Crippen LogP contribution in [0.5, 0.6) is 0 Å². The van der Waals surface area contributed by atoms with E-state index >= 15 is 0 Å². The maximum atomic E-state index is 14.1. The Bertz CT molecular complexity index is 729. The molecule has 1 amide bonds. The van der Waals surface area contributed by atoms with E-state index in [1.54, 1.807) is 25.3 Å². The summed E-state index contributed by atoms with van der Waals surface area (Å²) < 4.78 is 15.6. The monoisotopic (exact) mass is 318 g/mol. The van der Waals surface area contributed by atoms with Gasteiger partial charge in [-0.3, -0.25) is 4.79 Å². The molecule has 1 aromatic carbocycles. The maximum Gasteiger partial charge on any atom is 0.251 e. The van der Waals surface area contributed by atoms with Crippen molar-refractivity contribution < 1.29 is 14.3 Å². The fourth-order valence-corrected chi connectivity index (χ4v) is 2.80. The van der Waals surface area contributed by atoms with Crippen molar-refractivity contribution in [1.29, 1.82) is 0 Å². The van der Waals surface area contributed by atoms with Gasteiger partial charge in [-0.15, -0.1) is 5.10 Å². The molecule has 23 heavy (non-hydrogen) atoms. The number of anilines is 1. The third-order valence-corrected chi connectivity index (χ3v) is 4.08. The summed E-state index contributed by atoms with van der Waals surface area (Å²) >= 11 is 0. The second-order valence-electron chi connectivity index (χ2n) is 5.90. The number of rotatable bonds is 3. The fraction of sp³-hybridized carbons (Fsp3) is 0.438. The van der Waals surface area contributed by atoms with Crippen LogP contribution in [0.3, 0.4) is 0 Å². The second-order valence-corrected chi connectivity index (χ2v) is 5.90. The summed E-state index contributed by atoms with van der Waals surface area (Å²) in [6.07, 6.45) is 2.19. The van der Waals surface area contributed by atoms with Gasteiger partial charge >= 0.3 is 0 Å². The van der Waals surface area contributed by atoms with Crippen LogP contribution in [0.4, 0.5) is 10.1 Å². The van der Waals surface area contributed by atoms with Crippen molar-refractivity contribution in [3.8, 4) is 0 Å². The molecule has 1 saturated heterocycles. The van der Waals surface area contributed by atoms with E-state index in [1.807, 2.05) is 6.92 Å². The standard InChI is InChI=1S/C16H19FN4O2/c1-10-5-6-12(17)15(8-10)20-7-3-4-14(16(20)23)21-9-13(11(2)22)18-19-21/h5-6,8-9,11,14,22H,3-4,7H2,1-2H3. The van der Waals surface area contributed by atoms with Crippen molar-refractivity contribution in [1.82, 2.24) is 15.0 Å². The lowest BCUT2D eigenvalue weighted by Crippen LogP contribution is -2.43. The van der Waals surface area contributed by atoms with Crippen molar-refractivity contribution in [2.75, 3.05) is 11.4 Å². The van der Waals surface area contributed by atoms with E-state index in [0.717, 1.165) is 12.0 Å². The average Bonchev–Trinajstić information content (AvgIpc) is 3.00. The van der Waals surface area contributed by atoms with Gasteiger partial charge in [-0.25, -0.2) is 9.07 Å². The number of carbonyl (C=O) groups is 1. The van der Waals surface area contributed by atoms with Crippen LogP contribution in [0.25, 0.3) is 0 Å². The number of piperidine rings is 1. The minimum absolute atomic E-state index is 0.206. The lowest BCUT2D eigenvalue weighted by Gasteiger charge is -2.32. The summed E-state index contributed by atoms with van der Waals surface area (Å²) in [5, 5.41) is 17.4. The highest BCUT2D eigenvalue weighted by molar-refractivity contribution is 5.97. The Balaban J connectivity index is 1.90. The molecule has 0 spiro atoms. The molecular weight excluding hydrogens is 299 g/mol. The molecule has 1 aliphatic heterocycles. The minimum atomic E-state index is -0.743. The molecule has 2 heterocycles. The molecule has 0 radical (unpaired) electrons. The molecule has 0 bridgehead atoms. The number of aliphatic hydroxyl groups is 1. The van der Waals surface area contributed by atoms with Crippen LogP contribution < -0.4 is 4.90 Å². The number of carbonyl (C=O) groups excluding carboxylic acids is 1. The summed E-state index contributed by atoms with van der Waals surface area (Å²) in [5.74, 6) is -0.615. The van der Waals surface area contributed by atoms with Gasteiger partial charge in [0.05, 0.1) is 18.0 Å². The molecule has 3 rings (SSSR count). The van der Waals surface area contributed by atoms with Gasteiger partial charge in [0.25, 0.3) is 5.91 Å². The molecule has 1 aliphatic rings. The average molecular weight is 318 g/mol. The van der Waals surface area contributed by atoms with Gasteiger partial charge in [0.15, 0.2) is 0 Å². The molecular formula is C16H19FN4O2. The Morgan fingerprint density at radius 2 is 2.22 bits per heavy atom. The highest BCUT2D eigenvalue weighted by atomic mass is 19.1. The fourth-order valence-electron chi connectivity index (χ4n) is 2.80. The summed E-state index contributed by atoms with van der Waals surface area (Å²) in [4.78, 5) is 14.2. The summed E-state index contributed by atoms with van der Waals surface area (Å²) in [7, 11) is 0. The maximum absolute atomic E-state index is 14.1. The van der Waals surface area contributed by atoms with Crippen LogP contribution in [0.1, 0.15) is 43.2 Å². The Labute approximate surface area is 133 Å². The molecule has 122 valence electrons. The van der Waals surface area contributed by atoms with E-state index in [2.05, 4.69) is 10.3 Å². The Kier molecular flexibility index (Phi) is 4.12. The van der Waals surface area contributed by atoms with E-state index in [9.17, 15) is 14.3 Å². The highest BCUT2D eigenvalue weighted by Crippen LogP contribution is 2.29. The molecule has 2 unspecified atom stereocenters. The highest BCUT2D eigenvalue weighted by Gasteiger charge is 2.33. The van der Waals surface area contributed by atoms with Crippen LogP contribution in [-0.2, 0) is 4.79 Å². The zero-order valence-electron chi connectivity index (χ0n) is 13.1. The number of hydrogen-bond acceptors (Lipinski definition) is 4. The van der Waals surface area contributed by atoms with Crippen molar-refractivity contribution in [3.05, 3.63) is 41.5 Å². The number of benzene rings is 1. The zero-order chi connectivity index (χ0) is 16.6. The quantitative estimate of drug-likeness (QED) is 0.941. The minimum Gasteiger partial charge on any atom is -0.387 e. The number of aromatic nitrogens is 3. The number of nitrogens with zero attached hydrogens (tertiary/aromatic N) is 4. The number of amides is 1. The van der Waals surface area contributed by atoms with Crippen LogP contribution in [0, 0.1) is 12.7 Å². The third kappa shape index (κ3) is 2.96. The Hall–Kier alpha value is -2.28. The van der Waals surface area contributed by atoms with E-state index in [1.165, 1.54) is 15.6 Å². The van der Waals surface area contributed by atoms with Crippen molar-refractivity contribution in [3.63, 3.8) is 0 Å². The molecule has 6 nitrogen and oxygen atoms in total. The van der Waals surface area contributed by atoms with E-state index in [0.29, 0.717) is 24.3 Å². The van der Waals surface area contributed by atoms with E-state index in [-0.39, 0.29) is 5.91 Å². The Morgan fingerprint density at radius 1 is 1.43 bits per heavy atom. The number of aryl methyl sites for hydroxylation is 1. The molecule has 0 aliphatic carbocycles. The summed E-state index contributed by atoms with van der Waals surface area (Å²) in [6, 6.07) is 4.21. The Morgan fingerprint density at radius 3 is 2.91 bits per heavy atom. The van der Waals surface area contributed by atoms with Gasteiger partial charge < -0.3 is 10.0 Å². The second kappa shape index (κ2) is 6.08. The van der Waals surface area contributed by atoms with Crippen molar-refractivity contribution >= 4 is 11.6 Å². The smallest absolute Gasteiger partial charge is 0.251 e. The number of hydrogen-bond donors (Lipinski definition) is 1. The third-order valence-electron chi connectivity index (χ3n) is 4.08. The lowest BCUT2D eigenvalue weighted by atomic mass is 10.0. The SMILES string of the molecule is Cc1ccc(F)c(N2CCCC(n3cc(C(C)O)nn3)C2=O)c1. The number of aliphatic hydroxyl groups excluding tert-OH is 1. The van der Waals surface area contributed by atoms with Crippen LogP contribution >= 0.6 is 0 Å². The van der Waals surface area contributed by atoms with Crippen LogP contribution in [-0.4, -0.2) is 32.6 Å². The van der Waals surface area contributed by atoms with E-state index < -0.39 is 18.0 Å². The first kappa shape index (κ1) is 15.6. The molecule has 1 N–H and O–H groups in total. The predicted molar refractivity (Wildman–Crippen MR) is 82.4 cm³/mol. The van der Waals surface area contributed by atoms with Gasteiger partial charge in [0, 0.05) is 6.54 Å². The summed E-state index contributed by atoms with van der Waals surface area (Å²) in [5.41, 5.74) is 1.61. The molecule has 1 aromatic heterocycles. The van der Waals surface area contributed by atoms with Crippen LogP contribution in [0.15, 0.2) is 24.4 Å². The largest absolute Gasteiger partial charge is 0.387 e. The number of halogens is 1. The summed E-state index contributed by atoms with van der Waals surface area (Å²) in [6.45, 7) is 3.93. The topological polar surface area (TPSA) is 71.2 Å². The normalized spacial score (nSPS) is 19.9. The first-order valence-electron chi connectivity index (χ1n) is 7.64. The van der Waals surface area contributed by atoms with Gasteiger partial charge in [-0.2, -0.15) is 0 Å². The zero-order valence-corrected chi connectivity index (χ0v) is 13.1. The van der Waals surface area contributed by atoms with Gasteiger partial charge in [-0.1, -0.05) is 11.3 Å². The first-order valence-corrected chi connectivity index (χ1v) is 7.64. The molecule has 2 aromatic rings. The first-order chi connectivity index (χ1) is 11.0. The molecule has 7 heteroatoms. The molecule has 0 saturated carbocycles. The lowest BCUT2D eigenvalue weighted by molar-refractivity contribution is -0.123. The van der Waals surface area contributed by atoms with Crippen LogP contribution in [0.2, 0.25) is 0 Å². The van der Waals surface area contributed by atoms with Crippen molar-refractivity contribution in [2.24, 2.45) is 0 Å². The van der Waals surface area contributed by atoms with Gasteiger partial charge in [0.2, 0.25) is 0 Å². The van der Waals surface area contributed by atoms with Gasteiger partial charge in [0.1, 0.15) is 17.6 Å². The molecule has 1 fully saturated rings. The predicted octanol–water partition coefficient (Wildman–Crippen LogP) is 2.15. The molecule has 2 atom stereocenters. The van der Waals surface area contributed by atoms with Gasteiger partial charge in [-0.05, 0) is 44.4 Å². The van der Waals surface area contributed by atoms with Crippen molar-refractivity contribution in [2.45, 2.75) is 38.8 Å².